The maximum absolute atomic E-state index is 12.2. The minimum atomic E-state index is -4.54. The van der Waals surface area contributed by atoms with Crippen LogP contribution in [0.25, 0.3) is 0 Å². The van der Waals surface area contributed by atoms with E-state index in [4.69, 9.17) is 10.8 Å². The van der Waals surface area contributed by atoms with Crippen LogP contribution >= 0.6 is 0 Å². The zero-order chi connectivity index (χ0) is 10.8. The Kier molecular flexibility index (Phi) is 3.07. The Bertz CT molecular complexity index is 314. The summed E-state index contributed by atoms with van der Waals surface area (Å²) in [5.41, 5.74) is 4.71. The van der Waals surface area contributed by atoms with Gasteiger partial charge in [-0.05, 0) is 6.07 Å². The number of aliphatic hydroxyl groups is 1. The molecule has 0 spiro atoms. The Morgan fingerprint density at radius 2 is 2.14 bits per heavy atom. The first kappa shape index (κ1) is 10.9. The van der Waals surface area contributed by atoms with Gasteiger partial charge in [0, 0.05) is 11.8 Å². The number of hydrogen-bond acceptors (Lipinski definition) is 3. The van der Waals surface area contributed by atoms with Gasteiger partial charge in [0.2, 0.25) is 0 Å². The van der Waals surface area contributed by atoms with E-state index in [1.54, 1.807) is 0 Å². The second kappa shape index (κ2) is 3.93. The van der Waals surface area contributed by atoms with Crippen LogP contribution in [0.1, 0.15) is 17.3 Å². The van der Waals surface area contributed by atoms with Crippen LogP contribution < -0.4 is 5.73 Å². The monoisotopic (exact) mass is 206 g/mol. The molecule has 0 radical (unpaired) electrons. The van der Waals surface area contributed by atoms with Crippen LogP contribution in [0.4, 0.5) is 13.2 Å². The number of alkyl halides is 3. The van der Waals surface area contributed by atoms with Gasteiger partial charge in [-0.3, -0.25) is 4.98 Å². The summed E-state index contributed by atoms with van der Waals surface area (Å²) < 4.78 is 36.6. The van der Waals surface area contributed by atoms with E-state index in [0.717, 1.165) is 0 Å². The summed E-state index contributed by atoms with van der Waals surface area (Å²) >= 11 is 0. The molecule has 0 unspecified atom stereocenters. The van der Waals surface area contributed by atoms with Gasteiger partial charge >= 0.3 is 6.18 Å². The van der Waals surface area contributed by atoms with Crippen LogP contribution in [-0.2, 0) is 6.61 Å². The zero-order valence-corrected chi connectivity index (χ0v) is 7.12. The summed E-state index contributed by atoms with van der Waals surface area (Å²) in [6.07, 6.45) is -3.33. The SMILES string of the molecule is N[C@H](c1ncccc1CO)C(F)(F)F. The molecule has 0 saturated heterocycles. The van der Waals surface area contributed by atoms with Gasteiger partial charge in [0.1, 0.15) is 6.04 Å². The number of pyridine rings is 1. The first-order valence-corrected chi connectivity index (χ1v) is 3.83. The van der Waals surface area contributed by atoms with Crippen molar-refractivity contribution in [2.75, 3.05) is 0 Å². The van der Waals surface area contributed by atoms with Crippen molar-refractivity contribution in [1.29, 1.82) is 0 Å². The van der Waals surface area contributed by atoms with E-state index >= 15 is 0 Å². The minimum absolute atomic E-state index is 0.0947. The summed E-state index contributed by atoms with van der Waals surface area (Å²) in [5, 5.41) is 8.77. The van der Waals surface area contributed by atoms with Gasteiger partial charge in [0.25, 0.3) is 0 Å². The first-order chi connectivity index (χ1) is 6.46. The Balaban J connectivity index is 3.06. The van der Waals surface area contributed by atoms with Gasteiger partial charge in [-0.25, -0.2) is 0 Å². The van der Waals surface area contributed by atoms with Gasteiger partial charge in [-0.1, -0.05) is 6.07 Å². The van der Waals surface area contributed by atoms with E-state index in [9.17, 15) is 13.2 Å². The highest BCUT2D eigenvalue weighted by Gasteiger charge is 2.39. The molecule has 0 aromatic carbocycles. The van der Waals surface area contributed by atoms with Crippen LogP contribution in [0.15, 0.2) is 18.3 Å². The number of aromatic nitrogens is 1. The Morgan fingerprint density at radius 1 is 1.50 bits per heavy atom. The molecule has 1 atom stereocenters. The van der Waals surface area contributed by atoms with E-state index in [1.165, 1.54) is 18.3 Å². The highest BCUT2D eigenvalue weighted by Crippen LogP contribution is 2.30. The van der Waals surface area contributed by atoms with Crippen LogP contribution in [0, 0.1) is 0 Å². The third-order valence-corrected chi connectivity index (χ3v) is 1.74. The largest absolute Gasteiger partial charge is 0.409 e. The summed E-state index contributed by atoms with van der Waals surface area (Å²) in [5.74, 6) is 0. The standard InChI is InChI=1S/C8H9F3N2O/c9-8(10,11)7(12)6-5(4-14)2-1-3-13-6/h1-3,7,14H,4,12H2/t7-/m1/s1. The Hall–Kier alpha value is -1.14. The predicted octanol–water partition coefficient (Wildman–Crippen LogP) is 1.14. The molecule has 78 valence electrons. The molecular formula is C8H9F3N2O. The average Bonchev–Trinajstić information content (AvgIpc) is 2.15. The topological polar surface area (TPSA) is 59.1 Å². The third kappa shape index (κ3) is 2.21. The molecule has 14 heavy (non-hydrogen) atoms. The van der Waals surface area contributed by atoms with Crippen molar-refractivity contribution in [3.05, 3.63) is 29.6 Å². The number of hydrogen-bond donors (Lipinski definition) is 2. The molecule has 6 heteroatoms. The molecule has 0 saturated carbocycles. The molecule has 0 bridgehead atoms. The Morgan fingerprint density at radius 3 is 2.64 bits per heavy atom. The number of aliphatic hydroxyl groups excluding tert-OH is 1. The quantitative estimate of drug-likeness (QED) is 0.762. The fraction of sp³-hybridized carbons (Fsp3) is 0.375. The summed E-state index contributed by atoms with van der Waals surface area (Å²) in [6.45, 7) is -0.507. The van der Waals surface area contributed by atoms with Crippen molar-refractivity contribution < 1.29 is 18.3 Å². The lowest BCUT2D eigenvalue weighted by Crippen LogP contribution is -2.30. The molecule has 1 heterocycles. The predicted molar refractivity (Wildman–Crippen MR) is 43.1 cm³/mol. The lowest BCUT2D eigenvalue weighted by Gasteiger charge is -2.16. The smallest absolute Gasteiger partial charge is 0.392 e. The lowest BCUT2D eigenvalue weighted by atomic mass is 10.1. The van der Waals surface area contributed by atoms with E-state index in [2.05, 4.69) is 4.98 Å². The molecule has 0 amide bonds. The van der Waals surface area contributed by atoms with E-state index in [-0.39, 0.29) is 11.3 Å². The maximum atomic E-state index is 12.2. The molecule has 1 aromatic rings. The fourth-order valence-electron chi connectivity index (χ4n) is 1.02. The molecular weight excluding hydrogens is 197 g/mol. The average molecular weight is 206 g/mol. The molecule has 3 N–H and O–H groups in total. The molecule has 0 aliphatic rings. The molecule has 0 aliphatic heterocycles. The van der Waals surface area contributed by atoms with Crippen molar-refractivity contribution in [2.45, 2.75) is 18.8 Å². The van der Waals surface area contributed by atoms with Crippen LogP contribution in [-0.4, -0.2) is 16.3 Å². The summed E-state index contributed by atoms with van der Waals surface area (Å²) in [6, 6.07) is 0.650. The molecule has 3 nitrogen and oxygen atoms in total. The molecule has 0 aliphatic carbocycles. The van der Waals surface area contributed by atoms with Gasteiger partial charge in [-0.15, -0.1) is 0 Å². The van der Waals surface area contributed by atoms with E-state index in [1.807, 2.05) is 0 Å². The number of nitrogens with two attached hydrogens (primary N) is 1. The van der Waals surface area contributed by atoms with Crippen LogP contribution in [0.5, 0.6) is 0 Å². The first-order valence-electron chi connectivity index (χ1n) is 3.83. The van der Waals surface area contributed by atoms with Crippen LogP contribution in [0.2, 0.25) is 0 Å². The molecule has 0 fully saturated rings. The number of halogens is 3. The highest BCUT2D eigenvalue weighted by molar-refractivity contribution is 5.22. The van der Waals surface area contributed by atoms with Crippen molar-refractivity contribution in [3.63, 3.8) is 0 Å². The van der Waals surface area contributed by atoms with Crippen molar-refractivity contribution in [3.8, 4) is 0 Å². The van der Waals surface area contributed by atoms with Crippen molar-refractivity contribution in [2.24, 2.45) is 5.73 Å². The third-order valence-electron chi connectivity index (χ3n) is 1.74. The molecule has 1 aromatic heterocycles. The van der Waals surface area contributed by atoms with Crippen molar-refractivity contribution >= 4 is 0 Å². The normalized spacial score (nSPS) is 14.1. The van der Waals surface area contributed by atoms with Gasteiger partial charge < -0.3 is 10.8 Å². The number of rotatable bonds is 2. The zero-order valence-electron chi connectivity index (χ0n) is 7.12. The summed E-state index contributed by atoms with van der Waals surface area (Å²) in [4.78, 5) is 3.51. The van der Waals surface area contributed by atoms with E-state index < -0.39 is 18.8 Å². The molecule has 1 rings (SSSR count). The Labute approximate surface area is 78.4 Å². The van der Waals surface area contributed by atoms with Crippen LogP contribution in [0.3, 0.4) is 0 Å². The maximum Gasteiger partial charge on any atom is 0.409 e. The number of nitrogens with zero attached hydrogens (tertiary/aromatic N) is 1. The van der Waals surface area contributed by atoms with Gasteiger partial charge in [-0.2, -0.15) is 13.2 Å². The highest BCUT2D eigenvalue weighted by atomic mass is 19.4. The van der Waals surface area contributed by atoms with Crippen molar-refractivity contribution in [1.82, 2.24) is 4.98 Å². The fourth-order valence-corrected chi connectivity index (χ4v) is 1.02. The lowest BCUT2D eigenvalue weighted by molar-refractivity contribution is -0.150. The minimum Gasteiger partial charge on any atom is -0.392 e. The van der Waals surface area contributed by atoms with Gasteiger partial charge in [0.15, 0.2) is 0 Å². The van der Waals surface area contributed by atoms with E-state index in [0.29, 0.717) is 0 Å². The second-order valence-electron chi connectivity index (χ2n) is 2.73. The van der Waals surface area contributed by atoms with Gasteiger partial charge in [0.05, 0.1) is 12.3 Å². The summed E-state index contributed by atoms with van der Waals surface area (Å²) in [7, 11) is 0. The second-order valence-corrected chi connectivity index (χ2v) is 2.73.